The molecule has 31 heavy (non-hydrogen) atoms. The maximum absolute atomic E-state index is 12.2. The van der Waals surface area contributed by atoms with Crippen LogP contribution in [-0.2, 0) is 17.8 Å². The molecule has 2 atom stereocenters. The molecule has 2 aromatic carbocycles. The van der Waals surface area contributed by atoms with Gasteiger partial charge in [0.1, 0.15) is 5.75 Å². The largest absolute Gasteiger partial charge is 0.496 e. The average Bonchev–Trinajstić information content (AvgIpc) is 2.80. The summed E-state index contributed by atoms with van der Waals surface area (Å²) in [6.07, 6.45) is 3.69. The van der Waals surface area contributed by atoms with E-state index in [0.717, 1.165) is 42.9 Å². The molecule has 0 spiro atoms. The molecule has 0 bridgehead atoms. The predicted octanol–water partition coefficient (Wildman–Crippen LogP) is 4.31. The number of ether oxygens (including phenoxy) is 1. The van der Waals surface area contributed by atoms with E-state index < -0.39 is 0 Å². The van der Waals surface area contributed by atoms with Gasteiger partial charge in [-0.1, -0.05) is 30.3 Å². The van der Waals surface area contributed by atoms with Crippen molar-refractivity contribution in [2.24, 2.45) is 0 Å². The van der Waals surface area contributed by atoms with E-state index in [1.807, 2.05) is 7.05 Å². The van der Waals surface area contributed by atoms with Crippen LogP contribution in [0.4, 0.5) is 5.69 Å². The summed E-state index contributed by atoms with van der Waals surface area (Å²) in [6.45, 7) is 6.43. The van der Waals surface area contributed by atoms with Crippen LogP contribution in [0.2, 0.25) is 0 Å². The first-order chi connectivity index (χ1) is 15.0. The molecule has 1 N–H and O–H groups in total. The smallest absolute Gasteiger partial charge is 0.227 e. The standard InChI is InChI=1S/C26H35N3O2/c1-18(2)29-14-8-11-22(26(29)19-9-6-5-7-10-19)27-17-21-15-23-20(16-24(21)31-4)12-13-25(30)28(23)3/h5-7,9-10,15-16,18,22,26-27H,8,11-14,17H2,1-4H3/t22-,26-/m0/s1. The summed E-state index contributed by atoms with van der Waals surface area (Å²) in [5, 5.41) is 3.85. The number of benzene rings is 2. The second-order valence-electron chi connectivity index (χ2n) is 9.06. The summed E-state index contributed by atoms with van der Waals surface area (Å²) >= 11 is 0. The fourth-order valence-corrected chi connectivity index (χ4v) is 5.17. The highest BCUT2D eigenvalue weighted by Crippen LogP contribution is 2.35. The number of anilines is 1. The lowest BCUT2D eigenvalue weighted by atomic mass is 9.89. The van der Waals surface area contributed by atoms with Crippen LogP contribution in [0.25, 0.3) is 0 Å². The minimum absolute atomic E-state index is 0.181. The Balaban J connectivity index is 1.59. The molecule has 5 nitrogen and oxygen atoms in total. The Morgan fingerprint density at radius 1 is 1.16 bits per heavy atom. The van der Waals surface area contributed by atoms with Gasteiger partial charge >= 0.3 is 0 Å². The number of nitrogens with one attached hydrogen (secondary N) is 1. The second-order valence-corrected chi connectivity index (χ2v) is 9.06. The van der Waals surface area contributed by atoms with Crippen LogP contribution in [0, 0.1) is 0 Å². The van der Waals surface area contributed by atoms with Gasteiger partial charge in [-0.3, -0.25) is 9.69 Å². The van der Waals surface area contributed by atoms with Crippen molar-refractivity contribution in [1.82, 2.24) is 10.2 Å². The summed E-state index contributed by atoms with van der Waals surface area (Å²) in [7, 11) is 3.61. The average molecular weight is 422 g/mol. The monoisotopic (exact) mass is 421 g/mol. The van der Waals surface area contributed by atoms with Crippen LogP contribution in [0.3, 0.4) is 0 Å². The summed E-state index contributed by atoms with van der Waals surface area (Å²) in [5.41, 5.74) is 4.68. The number of rotatable bonds is 6. The normalized spacial score (nSPS) is 22.0. The Labute approximate surface area is 186 Å². The van der Waals surface area contributed by atoms with E-state index in [2.05, 4.69) is 66.5 Å². The lowest BCUT2D eigenvalue weighted by Crippen LogP contribution is -2.50. The summed E-state index contributed by atoms with van der Waals surface area (Å²) in [5.74, 6) is 1.09. The van der Waals surface area contributed by atoms with Crippen LogP contribution in [0.15, 0.2) is 42.5 Å². The van der Waals surface area contributed by atoms with E-state index in [1.165, 1.54) is 17.5 Å². The first-order valence-electron chi connectivity index (χ1n) is 11.5. The molecule has 1 amide bonds. The van der Waals surface area contributed by atoms with E-state index >= 15 is 0 Å². The third-order valence-corrected chi connectivity index (χ3v) is 6.85. The lowest BCUT2D eigenvalue weighted by Gasteiger charge is -2.44. The molecule has 2 aliphatic rings. The minimum atomic E-state index is 0.181. The molecule has 2 heterocycles. The molecule has 166 valence electrons. The van der Waals surface area contributed by atoms with Crippen molar-refractivity contribution in [3.8, 4) is 5.75 Å². The zero-order valence-electron chi connectivity index (χ0n) is 19.2. The van der Waals surface area contributed by atoms with Crippen molar-refractivity contribution in [2.75, 3.05) is 25.6 Å². The Kier molecular flexibility index (Phi) is 6.63. The first-order valence-corrected chi connectivity index (χ1v) is 11.5. The maximum Gasteiger partial charge on any atom is 0.227 e. The van der Waals surface area contributed by atoms with E-state index in [9.17, 15) is 4.79 Å². The van der Waals surface area contributed by atoms with Crippen LogP contribution in [0.5, 0.6) is 5.75 Å². The zero-order valence-corrected chi connectivity index (χ0v) is 19.2. The van der Waals surface area contributed by atoms with Gasteiger partial charge in [-0.15, -0.1) is 0 Å². The highest BCUT2D eigenvalue weighted by atomic mass is 16.5. The predicted molar refractivity (Wildman–Crippen MR) is 126 cm³/mol. The molecule has 1 fully saturated rings. The van der Waals surface area contributed by atoms with E-state index in [1.54, 1.807) is 12.0 Å². The SMILES string of the molecule is COc1cc2c(cc1CN[C@H]1CCCN(C(C)C)[C@H]1c1ccccc1)N(C)C(=O)CC2. The van der Waals surface area contributed by atoms with Crippen LogP contribution in [0.1, 0.15) is 55.8 Å². The number of carbonyl (C=O) groups is 1. The van der Waals surface area contributed by atoms with Gasteiger partial charge in [0.05, 0.1) is 13.2 Å². The van der Waals surface area contributed by atoms with Gasteiger partial charge in [0.2, 0.25) is 5.91 Å². The number of carbonyl (C=O) groups excluding carboxylic acids is 1. The third-order valence-electron chi connectivity index (χ3n) is 6.85. The van der Waals surface area contributed by atoms with Gasteiger partial charge in [0.15, 0.2) is 0 Å². The van der Waals surface area contributed by atoms with Crippen LogP contribution >= 0.6 is 0 Å². The maximum atomic E-state index is 12.2. The topological polar surface area (TPSA) is 44.8 Å². The van der Waals surface area contributed by atoms with Gasteiger partial charge < -0.3 is 15.0 Å². The van der Waals surface area contributed by atoms with Gasteiger partial charge in [0, 0.05) is 43.3 Å². The number of hydrogen-bond donors (Lipinski definition) is 1. The Morgan fingerprint density at radius 3 is 2.65 bits per heavy atom. The second kappa shape index (κ2) is 9.41. The van der Waals surface area contributed by atoms with E-state index in [4.69, 9.17) is 4.74 Å². The van der Waals surface area contributed by atoms with Gasteiger partial charge in [-0.25, -0.2) is 0 Å². The number of hydrogen-bond acceptors (Lipinski definition) is 4. The highest BCUT2D eigenvalue weighted by molar-refractivity contribution is 5.96. The Hall–Kier alpha value is -2.37. The van der Waals surface area contributed by atoms with Gasteiger partial charge in [-0.2, -0.15) is 0 Å². The first kappa shape index (κ1) is 21.8. The van der Waals surface area contributed by atoms with Crippen LogP contribution < -0.4 is 15.0 Å². The molecule has 4 rings (SSSR count). The van der Waals surface area contributed by atoms with Crippen molar-refractivity contribution in [3.63, 3.8) is 0 Å². The molecule has 2 aromatic rings. The Morgan fingerprint density at radius 2 is 1.94 bits per heavy atom. The van der Waals surface area contributed by atoms with Crippen molar-refractivity contribution in [1.29, 1.82) is 0 Å². The molecular weight excluding hydrogens is 386 g/mol. The number of fused-ring (bicyclic) bond motifs is 1. The van der Waals surface area contributed by atoms with Gasteiger partial charge in [0.25, 0.3) is 0 Å². The fourth-order valence-electron chi connectivity index (χ4n) is 5.17. The van der Waals surface area contributed by atoms with Crippen molar-refractivity contribution < 1.29 is 9.53 Å². The molecule has 0 saturated carbocycles. The van der Waals surface area contributed by atoms with Crippen molar-refractivity contribution >= 4 is 11.6 Å². The minimum Gasteiger partial charge on any atom is -0.496 e. The van der Waals surface area contributed by atoms with E-state index in [0.29, 0.717) is 24.5 Å². The fraction of sp³-hybridized carbons (Fsp3) is 0.500. The van der Waals surface area contributed by atoms with E-state index in [-0.39, 0.29) is 5.91 Å². The number of aryl methyl sites for hydroxylation is 1. The zero-order chi connectivity index (χ0) is 22.0. The summed E-state index contributed by atoms with van der Waals surface area (Å²) in [6, 6.07) is 16.3. The Bertz CT molecular complexity index is 912. The van der Waals surface area contributed by atoms with Crippen molar-refractivity contribution in [3.05, 3.63) is 59.2 Å². The quantitative estimate of drug-likeness (QED) is 0.755. The van der Waals surface area contributed by atoms with Crippen LogP contribution in [-0.4, -0.2) is 43.6 Å². The number of methoxy groups -OCH3 is 1. The summed E-state index contributed by atoms with van der Waals surface area (Å²) in [4.78, 5) is 16.6. The van der Waals surface area contributed by atoms with Gasteiger partial charge in [-0.05, 0) is 62.9 Å². The van der Waals surface area contributed by atoms with Crippen molar-refractivity contribution in [2.45, 2.75) is 64.2 Å². The molecule has 2 aliphatic heterocycles. The molecule has 1 saturated heterocycles. The highest BCUT2D eigenvalue weighted by Gasteiger charge is 2.34. The molecule has 0 radical (unpaired) electrons. The number of nitrogens with zero attached hydrogens (tertiary/aromatic N) is 2. The molecule has 0 aromatic heterocycles. The third kappa shape index (κ3) is 4.48. The molecule has 5 heteroatoms. The number of likely N-dealkylation sites (tertiary alicyclic amines) is 1. The summed E-state index contributed by atoms with van der Waals surface area (Å²) < 4.78 is 5.73. The molecule has 0 aliphatic carbocycles. The molecular formula is C26H35N3O2. The lowest BCUT2D eigenvalue weighted by molar-refractivity contribution is -0.118. The number of amides is 1. The molecule has 0 unspecified atom stereocenters. The number of piperidine rings is 1.